The van der Waals surface area contributed by atoms with E-state index in [0.717, 1.165) is 64.2 Å². The minimum atomic E-state index is -0.765. The maximum atomic E-state index is 12.8. The van der Waals surface area contributed by atoms with Gasteiger partial charge in [-0.1, -0.05) is 244 Å². The van der Waals surface area contributed by atoms with Crippen LogP contribution in [0.25, 0.3) is 0 Å². The first-order chi connectivity index (χ1) is 30.0. The molecule has 0 rings (SSSR count). The number of unbranched alkanes of at least 4 members (excludes halogenated alkanes) is 34. The molecule has 0 saturated heterocycles. The van der Waals surface area contributed by atoms with E-state index in [0.29, 0.717) is 19.3 Å². The van der Waals surface area contributed by atoms with Gasteiger partial charge >= 0.3 is 17.9 Å². The van der Waals surface area contributed by atoms with Crippen LogP contribution in [0.3, 0.4) is 0 Å². The number of ether oxygens (including phenoxy) is 3. The summed E-state index contributed by atoms with van der Waals surface area (Å²) in [4.78, 5) is 37.9. The van der Waals surface area contributed by atoms with Crippen LogP contribution in [-0.2, 0) is 28.6 Å². The van der Waals surface area contributed by atoms with E-state index in [9.17, 15) is 14.4 Å². The Hall–Kier alpha value is -2.11. The van der Waals surface area contributed by atoms with Gasteiger partial charge in [-0.05, 0) is 51.4 Å². The zero-order valence-corrected chi connectivity index (χ0v) is 40.9. The summed E-state index contributed by atoms with van der Waals surface area (Å²) >= 11 is 0. The molecule has 0 saturated carbocycles. The number of hydrogen-bond acceptors (Lipinski definition) is 6. The first kappa shape index (κ1) is 58.9. The maximum absolute atomic E-state index is 12.8. The van der Waals surface area contributed by atoms with E-state index >= 15 is 0 Å². The average Bonchev–Trinajstić information content (AvgIpc) is 3.26. The predicted octanol–water partition coefficient (Wildman–Crippen LogP) is 17.5. The van der Waals surface area contributed by atoms with E-state index in [1.807, 2.05) is 0 Å². The molecule has 0 heterocycles. The molecular formula is C55H102O6. The highest BCUT2D eigenvalue weighted by Gasteiger charge is 2.19. The van der Waals surface area contributed by atoms with Gasteiger partial charge in [-0.3, -0.25) is 14.4 Å². The topological polar surface area (TPSA) is 78.9 Å². The largest absolute Gasteiger partial charge is 0.462 e. The molecule has 1 unspecified atom stereocenters. The summed E-state index contributed by atoms with van der Waals surface area (Å²) in [6.45, 7) is 6.62. The number of esters is 3. The lowest BCUT2D eigenvalue weighted by atomic mass is 10.0. The van der Waals surface area contributed by atoms with Crippen LogP contribution in [0.4, 0.5) is 0 Å². The number of carbonyl (C=O) groups excluding carboxylic acids is 3. The minimum Gasteiger partial charge on any atom is -0.462 e. The average molecular weight is 859 g/mol. The number of rotatable bonds is 49. The van der Waals surface area contributed by atoms with Crippen LogP contribution in [0.15, 0.2) is 24.3 Å². The summed E-state index contributed by atoms with van der Waals surface area (Å²) in [5.41, 5.74) is 0. The van der Waals surface area contributed by atoms with Gasteiger partial charge < -0.3 is 14.2 Å². The molecule has 0 aliphatic heterocycles. The number of allylic oxidation sites excluding steroid dienone is 4. The summed E-state index contributed by atoms with van der Waals surface area (Å²) in [5, 5.41) is 0. The second kappa shape index (κ2) is 50.5. The third-order valence-corrected chi connectivity index (χ3v) is 12.0. The highest BCUT2D eigenvalue weighted by molar-refractivity contribution is 5.71. The molecule has 0 bridgehead atoms. The molecule has 0 aliphatic rings. The Morgan fingerprint density at radius 3 is 0.934 bits per heavy atom. The molecule has 0 N–H and O–H groups in total. The molecule has 0 spiro atoms. The van der Waals surface area contributed by atoms with E-state index in [-0.39, 0.29) is 31.1 Å². The third kappa shape index (κ3) is 48.8. The van der Waals surface area contributed by atoms with Crippen molar-refractivity contribution < 1.29 is 28.6 Å². The van der Waals surface area contributed by atoms with Gasteiger partial charge in [-0.2, -0.15) is 0 Å². The van der Waals surface area contributed by atoms with Crippen LogP contribution < -0.4 is 0 Å². The molecular weight excluding hydrogens is 757 g/mol. The SMILES string of the molecule is CCCCC/C=C\C/C=C\CCCCCCCCCCCC(=O)OCC(COC(=O)CCCCCCCCCC)OC(=O)CCCCCCCCCCCCCCCCCC. The van der Waals surface area contributed by atoms with Gasteiger partial charge in [-0.25, -0.2) is 0 Å². The third-order valence-electron chi connectivity index (χ3n) is 12.0. The monoisotopic (exact) mass is 859 g/mol. The molecule has 0 aliphatic carbocycles. The van der Waals surface area contributed by atoms with E-state index in [4.69, 9.17) is 14.2 Å². The van der Waals surface area contributed by atoms with Crippen LogP contribution >= 0.6 is 0 Å². The predicted molar refractivity (Wildman–Crippen MR) is 261 cm³/mol. The molecule has 0 aromatic carbocycles. The molecule has 0 fully saturated rings. The Morgan fingerprint density at radius 2 is 0.590 bits per heavy atom. The van der Waals surface area contributed by atoms with Crippen LogP contribution in [0.1, 0.15) is 290 Å². The fourth-order valence-corrected chi connectivity index (χ4v) is 7.89. The summed E-state index contributed by atoms with van der Waals surface area (Å²) in [6, 6.07) is 0. The number of hydrogen-bond donors (Lipinski definition) is 0. The summed E-state index contributed by atoms with van der Waals surface area (Å²) in [6.07, 6.45) is 57.4. The van der Waals surface area contributed by atoms with Crippen molar-refractivity contribution in [3.05, 3.63) is 24.3 Å². The van der Waals surface area contributed by atoms with E-state index < -0.39 is 6.10 Å². The van der Waals surface area contributed by atoms with Crippen molar-refractivity contribution in [2.75, 3.05) is 13.2 Å². The normalized spacial score (nSPS) is 12.1. The van der Waals surface area contributed by atoms with E-state index in [1.165, 1.54) is 186 Å². The van der Waals surface area contributed by atoms with E-state index in [1.54, 1.807) is 0 Å². The maximum Gasteiger partial charge on any atom is 0.306 e. The fraction of sp³-hybridized carbons (Fsp3) is 0.873. The molecule has 0 aromatic rings. The second-order valence-electron chi connectivity index (χ2n) is 18.2. The van der Waals surface area contributed by atoms with Gasteiger partial charge in [0.25, 0.3) is 0 Å². The van der Waals surface area contributed by atoms with Crippen molar-refractivity contribution in [2.45, 2.75) is 297 Å². The Balaban J connectivity index is 4.23. The Labute approximate surface area is 379 Å². The quantitative estimate of drug-likeness (QED) is 0.0262. The molecule has 61 heavy (non-hydrogen) atoms. The van der Waals surface area contributed by atoms with Gasteiger partial charge in [0.15, 0.2) is 6.10 Å². The Morgan fingerprint density at radius 1 is 0.328 bits per heavy atom. The van der Waals surface area contributed by atoms with Crippen LogP contribution in [0.2, 0.25) is 0 Å². The molecule has 0 aromatic heterocycles. The number of carbonyl (C=O) groups is 3. The first-order valence-electron chi connectivity index (χ1n) is 26.8. The molecule has 0 radical (unpaired) electrons. The minimum absolute atomic E-state index is 0.0681. The van der Waals surface area contributed by atoms with Crippen LogP contribution in [0.5, 0.6) is 0 Å². The van der Waals surface area contributed by atoms with Crippen molar-refractivity contribution in [1.82, 2.24) is 0 Å². The standard InChI is InChI=1S/C55H102O6/c1-4-7-10-13-16-19-21-23-25-27-28-29-31-32-34-36-39-42-45-48-54(57)60-51-52(50-59-53(56)47-44-41-38-18-15-12-9-6-3)61-55(58)49-46-43-40-37-35-33-30-26-24-22-20-17-14-11-8-5-2/h16,19,23,25,52H,4-15,17-18,20-22,24,26-51H2,1-3H3/b19-16-,25-23-. The fourth-order valence-electron chi connectivity index (χ4n) is 7.89. The summed E-state index contributed by atoms with van der Waals surface area (Å²) in [5.74, 6) is -0.861. The first-order valence-corrected chi connectivity index (χ1v) is 26.8. The van der Waals surface area contributed by atoms with Crippen molar-refractivity contribution in [3.63, 3.8) is 0 Å². The van der Waals surface area contributed by atoms with E-state index in [2.05, 4.69) is 45.1 Å². The molecule has 358 valence electrons. The Kier molecular flexibility index (Phi) is 48.8. The van der Waals surface area contributed by atoms with Crippen molar-refractivity contribution in [1.29, 1.82) is 0 Å². The highest BCUT2D eigenvalue weighted by atomic mass is 16.6. The highest BCUT2D eigenvalue weighted by Crippen LogP contribution is 2.16. The molecule has 6 heteroatoms. The summed E-state index contributed by atoms with van der Waals surface area (Å²) in [7, 11) is 0. The smallest absolute Gasteiger partial charge is 0.306 e. The van der Waals surface area contributed by atoms with Crippen LogP contribution in [-0.4, -0.2) is 37.2 Å². The van der Waals surface area contributed by atoms with Crippen molar-refractivity contribution in [2.24, 2.45) is 0 Å². The van der Waals surface area contributed by atoms with Crippen LogP contribution in [0, 0.1) is 0 Å². The van der Waals surface area contributed by atoms with Gasteiger partial charge in [0.05, 0.1) is 0 Å². The van der Waals surface area contributed by atoms with Crippen molar-refractivity contribution >= 4 is 17.9 Å². The lowest BCUT2D eigenvalue weighted by Gasteiger charge is -2.18. The van der Waals surface area contributed by atoms with Crippen molar-refractivity contribution in [3.8, 4) is 0 Å². The second-order valence-corrected chi connectivity index (χ2v) is 18.2. The lowest BCUT2D eigenvalue weighted by molar-refractivity contribution is -0.167. The zero-order chi connectivity index (χ0) is 44.4. The molecule has 1 atom stereocenters. The van der Waals surface area contributed by atoms with Gasteiger partial charge in [-0.15, -0.1) is 0 Å². The summed E-state index contributed by atoms with van der Waals surface area (Å²) < 4.78 is 16.8. The molecule has 0 amide bonds. The molecule has 6 nitrogen and oxygen atoms in total. The van der Waals surface area contributed by atoms with Gasteiger partial charge in [0, 0.05) is 19.3 Å². The zero-order valence-electron chi connectivity index (χ0n) is 40.9. The Bertz CT molecular complexity index is 989. The van der Waals surface area contributed by atoms with Gasteiger partial charge in [0.1, 0.15) is 13.2 Å². The van der Waals surface area contributed by atoms with Gasteiger partial charge in [0.2, 0.25) is 0 Å². The lowest BCUT2D eigenvalue weighted by Crippen LogP contribution is -2.30.